The van der Waals surface area contributed by atoms with Gasteiger partial charge in [-0.25, -0.2) is 4.79 Å². The SMILES string of the molecule is COC(=O)C1=C(C(C)(C)C)C(C(C)(C)C)=CP(=O)(c2c(C)cc(C)cc2C)[C@@H]1C(=O)OC. The van der Waals surface area contributed by atoms with Gasteiger partial charge in [-0.3, -0.25) is 4.79 Å². The highest BCUT2D eigenvalue weighted by Crippen LogP contribution is 2.63. The molecule has 1 heterocycles. The third kappa shape index (κ3) is 4.50. The maximum absolute atomic E-state index is 15.1. The zero-order valence-electron chi connectivity index (χ0n) is 21.3. The minimum atomic E-state index is -3.62. The minimum absolute atomic E-state index is 0.141. The summed E-state index contributed by atoms with van der Waals surface area (Å²) in [7, 11) is -1.08. The maximum Gasteiger partial charge on any atom is 0.335 e. The summed E-state index contributed by atoms with van der Waals surface area (Å²) in [5.41, 5.74) is 2.14. The van der Waals surface area contributed by atoms with Crippen molar-refractivity contribution in [3.63, 3.8) is 0 Å². The summed E-state index contributed by atoms with van der Waals surface area (Å²) in [5.74, 6) is 0.425. The summed E-state index contributed by atoms with van der Waals surface area (Å²) in [6.07, 6.45) is 0. The summed E-state index contributed by atoms with van der Waals surface area (Å²) in [6, 6.07) is 3.92. The van der Waals surface area contributed by atoms with E-state index in [1.807, 2.05) is 74.4 Å². The molecule has 1 aliphatic heterocycles. The van der Waals surface area contributed by atoms with Gasteiger partial charge in [-0.15, -0.1) is 0 Å². The molecule has 0 aromatic heterocycles. The molecule has 6 heteroatoms. The van der Waals surface area contributed by atoms with Crippen LogP contribution in [0, 0.1) is 31.6 Å². The molecule has 0 spiro atoms. The van der Waals surface area contributed by atoms with Crippen LogP contribution in [-0.2, 0) is 23.6 Å². The number of rotatable bonds is 3. The highest BCUT2D eigenvalue weighted by molar-refractivity contribution is 7.76. The topological polar surface area (TPSA) is 69.7 Å². The monoisotopic (exact) mass is 460 g/mol. The Bertz CT molecular complexity index is 1040. The molecule has 0 fully saturated rings. The van der Waals surface area contributed by atoms with Crippen LogP contribution in [0.3, 0.4) is 0 Å². The molecular formula is C26H37O5P. The Hall–Kier alpha value is -2.13. The van der Waals surface area contributed by atoms with Crippen LogP contribution in [0.1, 0.15) is 58.2 Å². The first kappa shape index (κ1) is 26.1. The van der Waals surface area contributed by atoms with Gasteiger partial charge >= 0.3 is 11.9 Å². The van der Waals surface area contributed by atoms with Gasteiger partial charge in [0.2, 0.25) is 0 Å². The molecule has 0 saturated heterocycles. The molecule has 0 saturated carbocycles. The lowest BCUT2D eigenvalue weighted by Gasteiger charge is -2.42. The van der Waals surface area contributed by atoms with Crippen LogP contribution in [0.5, 0.6) is 0 Å². The van der Waals surface area contributed by atoms with Crippen molar-refractivity contribution in [2.24, 2.45) is 10.8 Å². The number of methoxy groups -OCH3 is 2. The van der Waals surface area contributed by atoms with E-state index in [0.717, 1.165) is 22.3 Å². The number of ether oxygens (including phenoxy) is 2. The standard InChI is InChI=1S/C26H37O5P/c1-15-12-16(2)21(17(3)13-15)32(29)14-18(25(4,5)6)20(26(7,8)9)19(23(27)30-10)22(32)24(28)31-11/h12-14,22H,1-11H3/t22-,32?/m0/s1. The fourth-order valence-electron chi connectivity index (χ4n) is 4.81. The lowest BCUT2D eigenvalue weighted by molar-refractivity contribution is -0.143. The number of benzene rings is 1. The van der Waals surface area contributed by atoms with E-state index in [-0.39, 0.29) is 5.57 Å². The zero-order valence-corrected chi connectivity index (χ0v) is 22.2. The van der Waals surface area contributed by atoms with E-state index in [1.165, 1.54) is 14.2 Å². The van der Waals surface area contributed by atoms with Gasteiger partial charge in [-0.05, 0) is 59.7 Å². The average Bonchev–Trinajstić information content (AvgIpc) is 2.63. The molecule has 0 radical (unpaired) electrons. The molecule has 1 unspecified atom stereocenters. The molecule has 0 bridgehead atoms. The van der Waals surface area contributed by atoms with Gasteiger partial charge in [-0.2, -0.15) is 0 Å². The molecule has 1 aliphatic rings. The van der Waals surface area contributed by atoms with Gasteiger partial charge in [0.25, 0.3) is 0 Å². The summed E-state index contributed by atoms with van der Waals surface area (Å²) >= 11 is 0. The van der Waals surface area contributed by atoms with Gasteiger partial charge in [-0.1, -0.05) is 59.2 Å². The Kier molecular flexibility index (Phi) is 7.07. The van der Waals surface area contributed by atoms with Gasteiger partial charge in [0.1, 0.15) is 5.66 Å². The summed E-state index contributed by atoms with van der Waals surface area (Å²) in [5, 5.41) is 0.606. The third-order valence-electron chi connectivity index (χ3n) is 5.89. The van der Waals surface area contributed by atoms with E-state index in [1.54, 1.807) is 5.82 Å². The van der Waals surface area contributed by atoms with Crippen LogP contribution in [-0.4, -0.2) is 31.8 Å². The molecule has 5 nitrogen and oxygen atoms in total. The van der Waals surface area contributed by atoms with Crippen LogP contribution in [0.2, 0.25) is 0 Å². The fourth-order valence-corrected chi connectivity index (χ4v) is 8.51. The van der Waals surface area contributed by atoms with E-state index in [9.17, 15) is 9.59 Å². The predicted molar refractivity (Wildman–Crippen MR) is 130 cm³/mol. The van der Waals surface area contributed by atoms with Crippen molar-refractivity contribution in [1.29, 1.82) is 0 Å². The zero-order chi connectivity index (χ0) is 24.8. The Balaban J connectivity index is 3.17. The van der Waals surface area contributed by atoms with Gasteiger partial charge in [0.15, 0.2) is 7.14 Å². The predicted octanol–water partition coefficient (Wildman–Crippen LogP) is 5.60. The van der Waals surface area contributed by atoms with Crippen LogP contribution < -0.4 is 5.30 Å². The first-order chi connectivity index (χ1) is 14.5. The Labute approximate surface area is 192 Å². The molecule has 32 heavy (non-hydrogen) atoms. The maximum atomic E-state index is 15.1. The summed E-state index contributed by atoms with van der Waals surface area (Å²) in [6.45, 7) is 17.8. The Morgan fingerprint density at radius 2 is 1.38 bits per heavy atom. The van der Waals surface area contributed by atoms with E-state index < -0.39 is 35.6 Å². The number of carbonyl (C=O) groups is 2. The van der Waals surface area contributed by atoms with E-state index >= 15 is 4.57 Å². The third-order valence-corrected chi connectivity index (χ3v) is 9.17. The van der Waals surface area contributed by atoms with Crippen molar-refractivity contribution in [3.8, 4) is 0 Å². The molecule has 176 valence electrons. The second-order valence-corrected chi connectivity index (χ2v) is 13.3. The number of aryl methyl sites for hydroxylation is 3. The van der Waals surface area contributed by atoms with Gasteiger partial charge in [0.05, 0.1) is 19.8 Å². The van der Waals surface area contributed by atoms with Crippen LogP contribution >= 0.6 is 7.14 Å². The van der Waals surface area contributed by atoms with Gasteiger partial charge in [0, 0.05) is 5.30 Å². The highest BCUT2D eigenvalue weighted by atomic mass is 31.2. The number of carbonyl (C=O) groups excluding carboxylic acids is 2. The number of hydrogen-bond donors (Lipinski definition) is 0. The quantitative estimate of drug-likeness (QED) is 0.434. The van der Waals surface area contributed by atoms with Crippen LogP contribution in [0.25, 0.3) is 0 Å². The minimum Gasteiger partial charge on any atom is -0.468 e. The lowest BCUT2D eigenvalue weighted by atomic mass is 9.70. The molecule has 2 rings (SSSR count). The van der Waals surface area contributed by atoms with E-state index in [4.69, 9.17) is 9.47 Å². The molecule has 0 N–H and O–H groups in total. The molecule has 0 aliphatic carbocycles. The van der Waals surface area contributed by atoms with Gasteiger partial charge < -0.3 is 14.0 Å². The number of esters is 2. The normalized spacial score (nSPS) is 21.8. The highest BCUT2D eigenvalue weighted by Gasteiger charge is 2.53. The van der Waals surface area contributed by atoms with Crippen molar-refractivity contribution in [2.75, 3.05) is 14.2 Å². The van der Waals surface area contributed by atoms with Crippen molar-refractivity contribution in [1.82, 2.24) is 0 Å². The van der Waals surface area contributed by atoms with Crippen LogP contribution in [0.15, 0.2) is 34.7 Å². The fraction of sp³-hybridized carbons (Fsp3) is 0.538. The Morgan fingerprint density at radius 1 is 0.875 bits per heavy atom. The largest absolute Gasteiger partial charge is 0.468 e. The number of allylic oxidation sites excluding steroid dienone is 2. The second kappa shape index (κ2) is 8.67. The summed E-state index contributed by atoms with van der Waals surface area (Å²) < 4.78 is 25.4. The lowest BCUT2D eigenvalue weighted by Crippen LogP contribution is -2.39. The number of hydrogen-bond acceptors (Lipinski definition) is 5. The first-order valence-electron chi connectivity index (χ1n) is 10.8. The summed E-state index contributed by atoms with van der Waals surface area (Å²) in [4.78, 5) is 26.5. The van der Waals surface area contributed by atoms with E-state index in [0.29, 0.717) is 10.9 Å². The molecule has 1 aromatic carbocycles. The molecular weight excluding hydrogens is 423 g/mol. The van der Waals surface area contributed by atoms with Crippen molar-refractivity contribution in [2.45, 2.75) is 68.0 Å². The Morgan fingerprint density at radius 3 is 1.75 bits per heavy atom. The van der Waals surface area contributed by atoms with Crippen molar-refractivity contribution < 1.29 is 23.6 Å². The smallest absolute Gasteiger partial charge is 0.335 e. The average molecular weight is 461 g/mol. The molecule has 1 aromatic rings. The van der Waals surface area contributed by atoms with Crippen molar-refractivity contribution in [3.05, 3.63) is 51.4 Å². The second-order valence-electron chi connectivity index (χ2n) is 10.7. The van der Waals surface area contributed by atoms with E-state index in [2.05, 4.69) is 0 Å². The van der Waals surface area contributed by atoms with Crippen molar-refractivity contribution >= 4 is 24.4 Å². The molecule has 0 amide bonds. The molecule has 2 atom stereocenters. The van der Waals surface area contributed by atoms with Crippen LogP contribution in [0.4, 0.5) is 0 Å². The first-order valence-corrected chi connectivity index (χ1v) is 12.7.